The molecule has 0 saturated carbocycles. The Morgan fingerprint density at radius 2 is 2.38 bits per heavy atom. The Morgan fingerprint density at radius 1 is 1.52 bits per heavy atom. The van der Waals surface area contributed by atoms with Gasteiger partial charge < -0.3 is 15.2 Å². The Balaban J connectivity index is 1.76. The summed E-state index contributed by atoms with van der Waals surface area (Å²) < 4.78 is 18.8. The standard InChI is InChI=1S/C14H15FN4O2/c1-8-4-2-5-9(15)11(8)17-13(20)12-18-14(21-19-12)10-6-3-7-16-10/h2,4-5,10,16H,3,6-7H2,1H3,(H,17,20). The topological polar surface area (TPSA) is 80.0 Å². The molecule has 0 aliphatic carbocycles. The van der Waals surface area contributed by atoms with Crippen molar-refractivity contribution in [3.63, 3.8) is 0 Å². The number of hydrogen-bond donors (Lipinski definition) is 2. The summed E-state index contributed by atoms with van der Waals surface area (Å²) in [7, 11) is 0. The van der Waals surface area contributed by atoms with Crippen molar-refractivity contribution in [1.82, 2.24) is 15.5 Å². The Kier molecular flexibility index (Phi) is 3.66. The van der Waals surface area contributed by atoms with Gasteiger partial charge in [-0.05, 0) is 37.9 Å². The molecule has 7 heteroatoms. The van der Waals surface area contributed by atoms with Crippen molar-refractivity contribution in [2.24, 2.45) is 0 Å². The van der Waals surface area contributed by atoms with E-state index in [0.717, 1.165) is 19.4 Å². The van der Waals surface area contributed by atoms with Crippen LogP contribution in [0, 0.1) is 12.7 Å². The van der Waals surface area contributed by atoms with Crippen molar-refractivity contribution in [2.75, 3.05) is 11.9 Å². The largest absolute Gasteiger partial charge is 0.337 e. The molecule has 1 unspecified atom stereocenters. The van der Waals surface area contributed by atoms with Crippen LogP contribution in [0.3, 0.4) is 0 Å². The lowest BCUT2D eigenvalue weighted by Crippen LogP contribution is -2.17. The summed E-state index contributed by atoms with van der Waals surface area (Å²) in [5, 5.41) is 9.34. The van der Waals surface area contributed by atoms with Crippen LogP contribution in [0.2, 0.25) is 0 Å². The summed E-state index contributed by atoms with van der Waals surface area (Å²) in [4.78, 5) is 16.1. The van der Waals surface area contributed by atoms with E-state index in [-0.39, 0.29) is 17.6 Å². The Bertz CT molecular complexity index is 644. The molecule has 3 rings (SSSR count). The molecule has 0 radical (unpaired) electrons. The molecule has 2 N–H and O–H groups in total. The average Bonchev–Trinajstić information content (AvgIpc) is 3.12. The number of rotatable bonds is 3. The van der Waals surface area contributed by atoms with E-state index < -0.39 is 11.7 Å². The molecular weight excluding hydrogens is 275 g/mol. The van der Waals surface area contributed by atoms with Gasteiger partial charge in [0.15, 0.2) is 0 Å². The molecule has 1 aromatic carbocycles. The number of halogens is 1. The van der Waals surface area contributed by atoms with Crippen molar-refractivity contribution < 1.29 is 13.7 Å². The Labute approximate surface area is 120 Å². The molecule has 6 nitrogen and oxygen atoms in total. The molecule has 1 fully saturated rings. The fourth-order valence-electron chi connectivity index (χ4n) is 2.32. The maximum Gasteiger partial charge on any atom is 0.297 e. The van der Waals surface area contributed by atoms with Crippen LogP contribution in [-0.2, 0) is 0 Å². The van der Waals surface area contributed by atoms with Gasteiger partial charge in [-0.1, -0.05) is 17.3 Å². The van der Waals surface area contributed by atoms with E-state index in [1.807, 2.05) is 0 Å². The van der Waals surface area contributed by atoms with Crippen LogP contribution in [-0.4, -0.2) is 22.6 Å². The molecule has 1 aliphatic heterocycles. The van der Waals surface area contributed by atoms with Crippen molar-refractivity contribution in [3.05, 3.63) is 41.3 Å². The molecule has 0 spiro atoms. The SMILES string of the molecule is Cc1cccc(F)c1NC(=O)c1noc(C2CCCN2)n1. The molecule has 2 heterocycles. The summed E-state index contributed by atoms with van der Waals surface area (Å²) in [5.41, 5.74) is 0.761. The van der Waals surface area contributed by atoms with Crippen LogP contribution in [0.5, 0.6) is 0 Å². The Morgan fingerprint density at radius 3 is 3.10 bits per heavy atom. The van der Waals surface area contributed by atoms with Crippen molar-refractivity contribution >= 4 is 11.6 Å². The maximum atomic E-state index is 13.7. The highest BCUT2D eigenvalue weighted by Crippen LogP contribution is 2.22. The van der Waals surface area contributed by atoms with Gasteiger partial charge in [0, 0.05) is 0 Å². The lowest BCUT2D eigenvalue weighted by molar-refractivity contribution is 0.101. The lowest BCUT2D eigenvalue weighted by Gasteiger charge is -2.07. The van der Waals surface area contributed by atoms with Crippen LogP contribution < -0.4 is 10.6 Å². The predicted molar refractivity (Wildman–Crippen MR) is 73.4 cm³/mol. The quantitative estimate of drug-likeness (QED) is 0.905. The number of para-hydroxylation sites is 1. The second-order valence-corrected chi connectivity index (χ2v) is 4.99. The average molecular weight is 290 g/mol. The van der Waals surface area contributed by atoms with Gasteiger partial charge in [-0.3, -0.25) is 4.79 Å². The summed E-state index contributed by atoms with van der Waals surface area (Å²) >= 11 is 0. The number of aryl methyl sites for hydroxylation is 1. The van der Waals surface area contributed by atoms with Crippen LogP contribution in [0.15, 0.2) is 22.7 Å². The van der Waals surface area contributed by atoms with E-state index in [1.165, 1.54) is 6.07 Å². The highest BCUT2D eigenvalue weighted by molar-refractivity contribution is 6.01. The summed E-state index contributed by atoms with van der Waals surface area (Å²) in [6.45, 7) is 2.60. The highest BCUT2D eigenvalue weighted by Gasteiger charge is 2.24. The number of carbonyl (C=O) groups excluding carboxylic acids is 1. The zero-order valence-corrected chi connectivity index (χ0v) is 11.5. The van der Waals surface area contributed by atoms with Gasteiger partial charge in [-0.15, -0.1) is 0 Å². The molecule has 1 amide bonds. The molecule has 110 valence electrons. The van der Waals surface area contributed by atoms with Gasteiger partial charge in [-0.25, -0.2) is 4.39 Å². The lowest BCUT2D eigenvalue weighted by atomic mass is 10.2. The Hall–Kier alpha value is -2.28. The third-order valence-corrected chi connectivity index (χ3v) is 3.46. The van der Waals surface area contributed by atoms with E-state index >= 15 is 0 Å². The molecule has 2 aromatic rings. The zero-order chi connectivity index (χ0) is 14.8. The van der Waals surface area contributed by atoms with Crippen molar-refractivity contribution in [3.8, 4) is 0 Å². The number of benzene rings is 1. The van der Waals surface area contributed by atoms with Crippen LogP contribution in [0.1, 0.15) is 41.0 Å². The number of hydrogen-bond acceptors (Lipinski definition) is 5. The number of nitrogens with one attached hydrogen (secondary N) is 2. The first-order valence-electron chi connectivity index (χ1n) is 6.78. The summed E-state index contributed by atoms with van der Waals surface area (Å²) in [6.07, 6.45) is 1.93. The molecule has 1 aliphatic rings. The minimum atomic E-state index is -0.587. The fraction of sp³-hybridized carbons (Fsp3) is 0.357. The van der Waals surface area contributed by atoms with Crippen LogP contribution in [0.25, 0.3) is 0 Å². The smallest absolute Gasteiger partial charge is 0.297 e. The molecule has 21 heavy (non-hydrogen) atoms. The fourth-order valence-corrected chi connectivity index (χ4v) is 2.32. The summed E-state index contributed by atoms with van der Waals surface area (Å²) in [6, 6.07) is 4.57. The molecular formula is C14H15FN4O2. The van der Waals surface area contributed by atoms with Crippen LogP contribution >= 0.6 is 0 Å². The van der Waals surface area contributed by atoms with Gasteiger partial charge >= 0.3 is 0 Å². The van der Waals surface area contributed by atoms with Crippen molar-refractivity contribution in [2.45, 2.75) is 25.8 Å². The first-order chi connectivity index (χ1) is 10.1. The van der Waals surface area contributed by atoms with Crippen LogP contribution in [0.4, 0.5) is 10.1 Å². The molecule has 0 bridgehead atoms. The van der Waals surface area contributed by atoms with Gasteiger partial charge in [0.05, 0.1) is 11.7 Å². The highest BCUT2D eigenvalue weighted by atomic mass is 19.1. The molecule has 1 aromatic heterocycles. The first kappa shape index (κ1) is 13.7. The summed E-state index contributed by atoms with van der Waals surface area (Å²) in [5.74, 6) is -0.787. The number of amides is 1. The van der Waals surface area contributed by atoms with Gasteiger partial charge in [0.25, 0.3) is 11.7 Å². The number of aromatic nitrogens is 2. The van der Waals surface area contributed by atoms with E-state index in [1.54, 1.807) is 19.1 Å². The van der Waals surface area contributed by atoms with Gasteiger partial charge in [0.2, 0.25) is 5.89 Å². The van der Waals surface area contributed by atoms with Gasteiger partial charge in [0.1, 0.15) is 5.82 Å². The van der Waals surface area contributed by atoms with E-state index in [0.29, 0.717) is 11.5 Å². The minimum Gasteiger partial charge on any atom is -0.337 e. The number of nitrogens with zero attached hydrogens (tertiary/aromatic N) is 2. The molecule has 1 saturated heterocycles. The second-order valence-electron chi connectivity index (χ2n) is 4.99. The van der Waals surface area contributed by atoms with E-state index in [9.17, 15) is 9.18 Å². The molecule has 1 atom stereocenters. The third kappa shape index (κ3) is 2.78. The second kappa shape index (κ2) is 5.61. The zero-order valence-electron chi connectivity index (χ0n) is 11.5. The number of carbonyl (C=O) groups is 1. The van der Waals surface area contributed by atoms with E-state index in [4.69, 9.17) is 4.52 Å². The monoisotopic (exact) mass is 290 g/mol. The minimum absolute atomic E-state index is 0.00533. The maximum absolute atomic E-state index is 13.7. The van der Waals surface area contributed by atoms with Crippen molar-refractivity contribution in [1.29, 1.82) is 0 Å². The first-order valence-corrected chi connectivity index (χ1v) is 6.78. The normalized spacial score (nSPS) is 17.9. The third-order valence-electron chi connectivity index (χ3n) is 3.46. The van der Waals surface area contributed by atoms with E-state index in [2.05, 4.69) is 20.8 Å². The van der Waals surface area contributed by atoms with Gasteiger partial charge in [-0.2, -0.15) is 4.98 Å². The number of anilines is 1. The predicted octanol–water partition coefficient (Wildman–Crippen LogP) is 2.19.